The number of nitrogens with two attached hydrogens (primary N) is 1. The Morgan fingerprint density at radius 2 is 1.81 bits per heavy atom. The second kappa shape index (κ2) is 13.6. The molecule has 3 atom stereocenters. The fourth-order valence-electron chi connectivity index (χ4n) is 4.24. The third-order valence-corrected chi connectivity index (χ3v) is 6.10. The van der Waals surface area contributed by atoms with Gasteiger partial charge in [-0.1, -0.05) is 50.5 Å². The van der Waals surface area contributed by atoms with Gasteiger partial charge in [-0.25, -0.2) is 0 Å². The van der Waals surface area contributed by atoms with Crippen LogP contribution in [0.1, 0.15) is 56.6 Å². The van der Waals surface area contributed by atoms with Gasteiger partial charge in [0.1, 0.15) is 24.2 Å². The monoisotopic (exact) mass is 447 g/mol. The number of ether oxygens (including phenoxy) is 2. The van der Waals surface area contributed by atoms with Crippen LogP contribution in [0.4, 0.5) is 0 Å². The van der Waals surface area contributed by atoms with Crippen LogP contribution in [0.2, 0.25) is 0 Å². The van der Waals surface area contributed by atoms with Crippen molar-refractivity contribution in [1.82, 2.24) is 0 Å². The number of benzene rings is 2. The summed E-state index contributed by atoms with van der Waals surface area (Å²) in [5, 5.41) is 10.6. The average Bonchev–Trinajstić information content (AvgIpc) is 2.99. The second-order valence-electron chi connectivity index (χ2n) is 8.46. The molecule has 2 aromatic rings. The molecule has 0 saturated heterocycles. The third-order valence-electron chi connectivity index (χ3n) is 6.10. The van der Waals surface area contributed by atoms with E-state index in [1.165, 1.54) is 30.4 Å². The Morgan fingerprint density at radius 3 is 2.58 bits per heavy atom. The molecule has 0 amide bonds. The lowest BCUT2D eigenvalue weighted by Gasteiger charge is -2.27. The molecule has 0 aromatic heterocycles. The number of aliphatic hydroxyl groups excluding tert-OH is 1. The Hall–Kier alpha value is -1.75. The topological polar surface area (TPSA) is 64.7 Å². The number of rotatable bonds is 11. The van der Waals surface area contributed by atoms with E-state index in [9.17, 15) is 5.11 Å². The van der Waals surface area contributed by atoms with Crippen molar-refractivity contribution in [3.8, 4) is 11.5 Å². The van der Waals surface area contributed by atoms with Gasteiger partial charge < -0.3 is 20.3 Å². The SMILES string of the molecule is CCCCCCOc1ccc2c(c1)CC(C(N)[C@H](O)COc1ccccc1)CCC2.Cl. The highest BCUT2D eigenvalue weighted by Crippen LogP contribution is 2.30. The van der Waals surface area contributed by atoms with Gasteiger partial charge in [-0.05, 0) is 73.4 Å². The number of unbranched alkanes of at least 4 members (excludes halogenated alkanes) is 3. The first-order chi connectivity index (χ1) is 14.7. The van der Waals surface area contributed by atoms with Crippen molar-refractivity contribution in [3.05, 3.63) is 59.7 Å². The molecule has 0 heterocycles. The first-order valence-electron chi connectivity index (χ1n) is 11.5. The van der Waals surface area contributed by atoms with Gasteiger partial charge >= 0.3 is 0 Å². The molecular formula is C26H38ClNO3. The molecule has 4 nitrogen and oxygen atoms in total. The van der Waals surface area contributed by atoms with Crippen molar-refractivity contribution in [2.75, 3.05) is 13.2 Å². The van der Waals surface area contributed by atoms with E-state index in [1.807, 2.05) is 30.3 Å². The summed E-state index contributed by atoms with van der Waals surface area (Å²) >= 11 is 0. The highest BCUT2D eigenvalue weighted by Gasteiger charge is 2.28. The summed E-state index contributed by atoms with van der Waals surface area (Å²) < 4.78 is 11.7. The van der Waals surface area contributed by atoms with E-state index in [1.54, 1.807) is 0 Å². The molecule has 31 heavy (non-hydrogen) atoms. The van der Waals surface area contributed by atoms with Crippen LogP contribution >= 0.6 is 12.4 Å². The Morgan fingerprint density at radius 1 is 1.00 bits per heavy atom. The standard InChI is InChI=1S/C26H37NO3.ClH/c1-2-3-4-8-16-29-24-15-14-20-10-9-11-21(17-22(20)18-24)26(27)25(28)19-30-23-12-6-5-7-13-23;/h5-7,12-15,18,21,25-26,28H,2-4,8-11,16-17,19,27H2,1H3;1H/t21?,25-,26?;/m1./s1. The minimum Gasteiger partial charge on any atom is -0.494 e. The van der Waals surface area contributed by atoms with E-state index >= 15 is 0 Å². The zero-order valence-corrected chi connectivity index (χ0v) is 19.5. The van der Waals surface area contributed by atoms with E-state index in [0.717, 1.165) is 50.2 Å². The molecule has 0 saturated carbocycles. The van der Waals surface area contributed by atoms with Crippen LogP contribution in [0.3, 0.4) is 0 Å². The lowest BCUT2D eigenvalue weighted by Crippen LogP contribution is -2.45. The predicted molar refractivity (Wildman–Crippen MR) is 129 cm³/mol. The fraction of sp³-hybridized carbons (Fsp3) is 0.538. The molecule has 0 bridgehead atoms. The predicted octanol–water partition coefficient (Wildman–Crippen LogP) is 5.33. The molecule has 2 unspecified atom stereocenters. The maximum Gasteiger partial charge on any atom is 0.119 e. The van der Waals surface area contributed by atoms with Gasteiger partial charge in [-0.2, -0.15) is 0 Å². The van der Waals surface area contributed by atoms with Gasteiger partial charge in [0.15, 0.2) is 0 Å². The Labute approximate surface area is 193 Å². The van der Waals surface area contributed by atoms with E-state index in [2.05, 4.69) is 25.1 Å². The van der Waals surface area contributed by atoms with Crippen LogP contribution in [-0.2, 0) is 12.8 Å². The average molecular weight is 448 g/mol. The number of para-hydroxylation sites is 1. The fourth-order valence-corrected chi connectivity index (χ4v) is 4.24. The largest absolute Gasteiger partial charge is 0.494 e. The zero-order valence-electron chi connectivity index (χ0n) is 18.7. The lowest BCUT2D eigenvalue weighted by atomic mass is 9.87. The number of hydrogen-bond donors (Lipinski definition) is 2. The van der Waals surface area contributed by atoms with E-state index in [0.29, 0.717) is 0 Å². The molecule has 2 aromatic carbocycles. The minimum absolute atomic E-state index is 0. The second-order valence-corrected chi connectivity index (χ2v) is 8.46. The maximum absolute atomic E-state index is 10.6. The van der Waals surface area contributed by atoms with Gasteiger partial charge in [0, 0.05) is 6.04 Å². The highest BCUT2D eigenvalue weighted by atomic mass is 35.5. The van der Waals surface area contributed by atoms with E-state index in [4.69, 9.17) is 15.2 Å². The number of hydrogen-bond acceptors (Lipinski definition) is 4. The first-order valence-corrected chi connectivity index (χ1v) is 11.5. The van der Waals surface area contributed by atoms with Gasteiger partial charge in [-0.3, -0.25) is 0 Å². The van der Waals surface area contributed by atoms with Gasteiger partial charge in [-0.15, -0.1) is 12.4 Å². The van der Waals surface area contributed by atoms with Gasteiger partial charge in [0.2, 0.25) is 0 Å². The van der Waals surface area contributed by atoms with Crippen LogP contribution in [0.5, 0.6) is 11.5 Å². The van der Waals surface area contributed by atoms with Gasteiger partial charge in [0.25, 0.3) is 0 Å². The molecule has 3 rings (SSSR count). The molecule has 3 N–H and O–H groups in total. The van der Waals surface area contributed by atoms with Crippen LogP contribution in [0, 0.1) is 5.92 Å². The molecular weight excluding hydrogens is 410 g/mol. The number of aliphatic hydroxyl groups is 1. The molecule has 0 aliphatic heterocycles. The van der Waals surface area contributed by atoms with Crippen LogP contribution in [0.25, 0.3) is 0 Å². The molecule has 0 spiro atoms. The molecule has 0 radical (unpaired) electrons. The van der Waals surface area contributed by atoms with Crippen LogP contribution in [-0.4, -0.2) is 30.5 Å². The smallest absolute Gasteiger partial charge is 0.119 e. The van der Waals surface area contributed by atoms with Crippen molar-refractivity contribution in [2.24, 2.45) is 11.7 Å². The van der Waals surface area contributed by atoms with E-state index < -0.39 is 6.10 Å². The third kappa shape index (κ3) is 8.03. The summed E-state index contributed by atoms with van der Waals surface area (Å²) in [6, 6.07) is 15.8. The Balaban J connectivity index is 0.00000341. The molecule has 1 aliphatic rings. The molecule has 172 valence electrons. The van der Waals surface area contributed by atoms with Crippen molar-refractivity contribution in [1.29, 1.82) is 0 Å². The van der Waals surface area contributed by atoms with Crippen LogP contribution in [0.15, 0.2) is 48.5 Å². The minimum atomic E-state index is -0.685. The summed E-state index contributed by atoms with van der Waals surface area (Å²) in [5.41, 5.74) is 9.19. The molecule has 0 fully saturated rings. The summed E-state index contributed by atoms with van der Waals surface area (Å²) in [4.78, 5) is 0. The van der Waals surface area contributed by atoms with Gasteiger partial charge in [0.05, 0.1) is 6.61 Å². The number of halogens is 1. The summed E-state index contributed by atoms with van der Waals surface area (Å²) in [7, 11) is 0. The van der Waals surface area contributed by atoms with Crippen molar-refractivity contribution in [3.63, 3.8) is 0 Å². The maximum atomic E-state index is 10.6. The summed E-state index contributed by atoms with van der Waals surface area (Å²) in [5.74, 6) is 1.95. The number of aryl methyl sites for hydroxylation is 1. The van der Waals surface area contributed by atoms with Crippen molar-refractivity contribution >= 4 is 12.4 Å². The van der Waals surface area contributed by atoms with Crippen molar-refractivity contribution < 1.29 is 14.6 Å². The zero-order chi connectivity index (χ0) is 21.2. The van der Waals surface area contributed by atoms with Crippen molar-refractivity contribution in [2.45, 2.75) is 70.4 Å². The Bertz CT molecular complexity index is 756. The first kappa shape index (κ1) is 25.5. The number of fused-ring (bicyclic) bond motifs is 1. The molecule has 1 aliphatic carbocycles. The highest BCUT2D eigenvalue weighted by molar-refractivity contribution is 5.85. The lowest BCUT2D eigenvalue weighted by molar-refractivity contribution is 0.0645. The summed E-state index contributed by atoms with van der Waals surface area (Å²) in [6.45, 7) is 3.21. The normalized spacial score (nSPS) is 17.6. The summed E-state index contributed by atoms with van der Waals surface area (Å²) in [6.07, 6.45) is 8.20. The molecule has 5 heteroatoms. The van der Waals surface area contributed by atoms with Crippen LogP contribution < -0.4 is 15.2 Å². The quantitative estimate of drug-likeness (QED) is 0.361. The van der Waals surface area contributed by atoms with E-state index in [-0.39, 0.29) is 31.0 Å². The Kier molecular flexibility index (Phi) is 11.2.